The average molecular weight is 855 g/mol. The van der Waals surface area contributed by atoms with Gasteiger partial charge in [0.1, 0.15) is 11.5 Å². The van der Waals surface area contributed by atoms with Crippen LogP contribution in [0.25, 0.3) is 0 Å². The van der Waals surface area contributed by atoms with Gasteiger partial charge >= 0.3 is 59.1 Å². The molecule has 0 amide bonds. The van der Waals surface area contributed by atoms with Gasteiger partial charge in [-0.3, -0.25) is 33.0 Å². The van der Waals surface area contributed by atoms with Crippen LogP contribution in [0.15, 0.2) is 60.7 Å². The maximum Gasteiger partial charge on any atom is 1.00 e. The summed E-state index contributed by atoms with van der Waals surface area (Å²) in [5.74, 6) is 1.74. The Labute approximate surface area is 387 Å². The van der Waals surface area contributed by atoms with Gasteiger partial charge in [0, 0.05) is 12.5 Å². The van der Waals surface area contributed by atoms with Crippen molar-refractivity contribution in [2.24, 2.45) is 0 Å². The first-order valence-corrected chi connectivity index (χ1v) is 20.8. The molecule has 0 saturated carbocycles. The van der Waals surface area contributed by atoms with Crippen molar-refractivity contribution in [3.63, 3.8) is 0 Å². The molecule has 0 spiro atoms. The van der Waals surface area contributed by atoms with Gasteiger partial charge in [0.25, 0.3) is 0 Å². The van der Waals surface area contributed by atoms with E-state index in [1.54, 1.807) is 6.92 Å². The van der Waals surface area contributed by atoms with Crippen LogP contribution < -0.4 is 94.5 Å². The van der Waals surface area contributed by atoms with E-state index in [1.807, 2.05) is 60.7 Å². The molecule has 2 aromatic carbocycles. The minimum absolute atomic E-state index is 0. The van der Waals surface area contributed by atoms with Crippen molar-refractivity contribution in [3.8, 4) is 11.5 Å². The van der Waals surface area contributed by atoms with Gasteiger partial charge in [0.2, 0.25) is 0 Å². The monoisotopic (exact) mass is 854 g/mol. The Bertz CT molecular complexity index is 948. The summed E-state index contributed by atoms with van der Waals surface area (Å²) in [6, 6.07) is 19.5. The summed E-state index contributed by atoms with van der Waals surface area (Å²) in [4.78, 5) is 0. The summed E-state index contributed by atoms with van der Waals surface area (Å²) in [7, 11) is -7.83. The summed E-state index contributed by atoms with van der Waals surface area (Å²) in [6.07, 6.45) is 15.7. The van der Waals surface area contributed by atoms with Gasteiger partial charge in [-0.2, -0.15) is 6.92 Å². The largest absolute Gasteiger partial charge is 1.00 e. The van der Waals surface area contributed by atoms with Crippen LogP contribution in [0.1, 0.15) is 84.5 Å². The zero-order valence-electron chi connectivity index (χ0n) is 35.2. The van der Waals surface area contributed by atoms with Gasteiger partial charge in [-0.05, 0) is 24.3 Å². The Balaban J connectivity index is -0.0000000575. The molecule has 0 fully saturated rings. The fourth-order valence-corrected chi connectivity index (χ4v) is 2.88. The van der Waals surface area contributed by atoms with Crippen LogP contribution in [-0.4, -0.2) is 78.1 Å². The van der Waals surface area contributed by atoms with E-state index in [9.17, 15) is 5.11 Å². The maximum absolute atomic E-state index is 10.2. The number of ether oxygens (including phenoxy) is 1. The Morgan fingerprint density at radius 2 is 0.643 bits per heavy atom. The quantitative estimate of drug-likeness (QED) is 0.0812. The Morgan fingerprint density at radius 1 is 0.464 bits per heavy atom. The van der Waals surface area contributed by atoms with Gasteiger partial charge in [-0.15, -0.1) is 6.61 Å². The Morgan fingerprint density at radius 3 is 0.821 bits per heavy atom. The minimum Gasteiger partial charge on any atom is -0.878 e. The smallest absolute Gasteiger partial charge is 0.878 e. The molecule has 0 bridgehead atoms. The van der Waals surface area contributed by atoms with E-state index < -0.39 is 20.2 Å². The van der Waals surface area contributed by atoms with E-state index in [0.717, 1.165) is 24.3 Å². The first-order chi connectivity index (χ1) is 25.4. The molecule has 0 saturated heterocycles. The molecule has 2 aromatic rings. The van der Waals surface area contributed by atoms with Crippen LogP contribution >= 0.6 is 0 Å². The third-order valence-electron chi connectivity index (χ3n) is 4.47. The summed E-state index contributed by atoms with van der Waals surface area (Å²) >= 11 is 0. The van der Waals surface area contributed by atoms with Crippen LogP contribution in [0.5, 0.6) is 11.5 Å². The topological polar surface area (TPSA) is 262 Å². The number of hydrogen-bond acceptors (Lipinski definition) is 13. The molecule has 56 heavy (non-hydrogen) atoms. The van der Waals surface area contributed by atoms with E-state index in [2.05, 4.69) is 48.5 Å². The molecule has 0 N–H and O–H groups in total. The molecule has 0 atom stereocenters. The van der Waals surface area contributed by atoms with Crippen molar-refractivity contribution in [2.75, 3.05) is 52.2 Å². The van der Waals surface area contributed by atoms with Crippen LogP contribution in [0.2, 0.25) is 0 Å². The summed E-state index contributed by atoms with van der Waals surface area (Å²) in [5.41, 5.74) is 0. The minimum atomic E-state index is -3.92. The Hall–Kier alpha value is -0.180. The van der Waals surface area contributed by atoms with Gasteiger partial charge < -0.3 is 86.0 Å². The number of unbranched alkanes of at least 4 members (excludes halogenated alkanes) is 10. The molecule has 13 nitrogen and oxygen atoms in total. The second kappa shape index (κ2) is 75.6. The molecule has 328 valence electrons. The standard InChI is InChI=1S/C13H27O.C12H10O.5C2H4O.C2H5.2CH4O3S.2Na/c1-2-3-4-5-6-7-8-9-10-11-12-13-14;1-3-7-11(8-4-1)13-12-9-5-2-6-10-12;5*1-2-3;1-2;2*1-5(2,3)4;;/h2-13H2,1H3;1-10H;5*1-2H2;1H2,2H3;2*1H3,(H,2,3,4);;/q-1;;5*-2;-1;;;2*+1/p-2. The number of benzene rings is 2. The maximum atomic E-state index is 10.2. The third kappa shape index (κ3) is 158. The first-order valence-electron chi connectivity index (χ1n) is 17.2. The van der Waals surface area contributed by atoms with E-state index in [4.69, 9.17) is 56.2 Å². The normalized spacial score (nSPS) is 8.68. The van der Waals surface area contributed by atoms with Crippen LogP contribution in [0.3, 0.4) is 0 Å². The fourth-order valence-electron chi connectivity index (χ4n) is 2.88. The van der Waals surface area contributed by atoms with E-state index in [0.29, 0.717) is 12.5 Å². The SMILES string of the molecule is CCCCCCCCCCCCC[O-].CS(=O)(=O)[O-].CS(=O)(=O)[O-].[CH2-]C.[CH2-]C[O-].[CH2-]C[O-].[CH2-]C[O-].[CH2-]C[O-].[CH2-]C[O-].[Na+].[Na+].c1ccc(Oc2ccccc2)cc1. The molecular formula is C39H68Na2O13S2-12. The van der Waals surface area contributed by atoms with Crippen molar-refractivity contribution < 1.29 is 120 Å². The van der Waals surface area contributed by atoms with Crippen molar-refractivity contribution in [1.29, 1.82) is 0 Å². The van der Waals surface area contributed by atoms with Gasteiger partial charge in [0.15, 0.2) is 0 Å². The van der Waals surface area contributed by atoms with Crippen molar-refractivity contribution in [3.05, 3.63) is 102 Å². The third-order valence-corrected chi connectivity index (χ3v) is 4.47. The van der Waals surface area contributed by atoms with E-state index in [-0.39, 0.29) is 98.8 Å². The Kier molecular flexibility index (Phi) is 108. The van der Waals surface area contributed by atoms with Crippen LogP contribution in [0, 0.1) is 41.5 Å². The van der Waals surface area contributed by atoms with E-state index in [1.165, 1.54) is 57.8 Å². The number of para-hydroxylation sites is 2. The van der Waals surface area contributed by atoms with Gasteiger partial charge in [-0.1, -0.05) is 114 Å². The molecular weight excluding hydrogens is 787 g/mol. The van der Waals surface area contributed by atoms with Crippen molar-refractivity contribution in [2.45, 2.75) is 84.5 Å². The van der Waals surface area contributed by atoms with Gasteiger partial charge in [0.05, 0.1) is 20.2 Å². The predicted octanol–water partition coefficient (Wildman–Crippen LogP) is -3.79. The predicted molar refractivity (Wildman–Crippen MR) is 208 cm³/mol. The zero-order valence-corrected chi connectivity index (χ0v) is 40.8. The van der Waals surface area contributed by atoms with Crippen LogP contribution in [0.4, 0.5) is 0 Å². The number of hydrogen-bond donors (Lipinski definition) is 0. The molecule has 0 heterocycles. The molecule has 0 aliphatic rings. The molecule has 0 radical (unpaired) electrons. The summed E-state index contributed by atoms with van der Waals surface area (Å²) < 4.78 is 60.0. The second-order valence-corrected chi connectivity index (χ2v) is 12.2. The molecule has 2 rings (SSSR count). The van der Waals surface area contributed by atoms with Crippen LogP contribution in [-0.2, 0) is 20.2 Å². The summed E-state index contributed by atoms with van der Waals surface area (Å²) in [6.45, 7) is 20.8. The zero-order chi connectivity index (χ0) is 44.0. The van der Waals surface area contributed by atoms with Crippen molar-refractivity contribution >= 4 is 20.2 Å². The fraction of sp³-hybridized carbons (Fsp3) is 0.538. The molecule has 0 aliphatic heterocycles. The average Bonchev–Trinajstić information content (AvgIpc) is 3.08. The van der Waals surface area contributed by atoms with Gasteiger partial charge in [-0.25, -0.2) is 16.8 Å². The molecule has 0 aromatic heterocycles. The van der Waals surface area contributed by atoms with E-state index >= 15 is 0 Å². The molecule has 17 heteroatoms. The molecule has 0 unspecified atom stereocenters. The molecule has 0 aliphatic carbocycles. The summed E-state index contributed by atoms with van der Waals surface area (Å²) in [5, 5.41) is 54.3. The number of rotatable bonds is 13. The second-order valence-electron chi connectivity index (χ2n) is 9.40. The first kappa shape index (κ1) is 79.9. The van der Waals surface area contributed by atoms with Crippen molar-refractivity contribution in [1.82, 2.24) is 0 Å².